The molecule has 0 radical (unpaired) electrons. The van der Waals surface area contributed by atoms with Gasteiger partial charge in [0.05, 0.1) is 6.04 Å². The number of nitrogens with one attached hydrogen (secondary N) is 1. The number of aryl methyl sites for hydroxylation is 1. The highest BCUT2D eigenvalue weighted by Crippen LogP contribution is 2.13. The van der Waals surface area contributed by atoms with Gasteiger partial charge in [-0.15, -0.1) is 0 Å². The molecule has 2 rings (SSSR count). The number of amides is 1. The predicted molar refractivity (Wildman–Crippen MR) is 79.3 cm³/mol. The molecule has 1 unspecified atom stereocenters. The zero-order valence-electron chi connectivity index (χ0n) is 12.3. The lowest BCUT2D eigenvalue weighted by molar-refractivity contribution is 0.0659. The first-order valence-electron chi connectivity index (χ1n) is 6.79. The van der Waals surface area contributed by atoms with Gasteiger partial charge in [0.2, 0.25) is 5.76 Å². The molecule has 1 aromatic carbocycles. The van der Waals surface area contributed by atoms with Crippen LogP contribution in [0.3, 0.4) is 0 Å². The van der Waals surface area contributed by atoms with Gasteiger partial charge in [0, 0.05) is 0 Å². The summed E-state index contributed by atoms with van der Waals surface area (Å²) in [7, 11) is 0. The number of aromatic carboxylic acids is 1. The molecule has 1 aromatic heterocycles. The van der Waals surface area contributed by atoms with Crippen LogP contribution in [0, 0.1) is 6.92 Å². The highest BCUT2D eigenvalue weighted by molar-refractivity contribution is 5.93. The van der Waals surface area contributed by atoms with Gasteiger partial charge in [-0.05, 0) is 43.7 Å². The van der Waals surface area contributed by atoms with Crippen molar-refractivity contribution >= 4 is 11.9 Å². The van der Waals surface area contributed by atoms with Crippen molar-refractivity contribution < 1.29 is 23.8 Å². The Kier molecular flexibility index (Phi) is 4.83. The standard InChI is InChI=1S/C16H17NO5/c1-10-4-3-5-12(8-10)21-9-11(2)17-15(18)13-6-7-14(22-13)16(19)20/h3-8,11H,9H2,1-2H3,(H,17,18)(H,19,20). The van der Waals surface area contributed by atoms with Crippen molar-refractivity contribution in [3.05, 3.63) is 53.5 Å². The fraction of sp³-hybridized carbons (Fsp3) is 0.250. The molecule has 1 heterocycles. The maximum absolute atomic E-state index is 11.9. The Labute approximate surface area is 127 Å². The zero-order chi connectivity index (χ0) is 16.1. The molecule has 0 saturated heterocycles. The van der Waals surface area contributed by atoms with E-state index >= 15 is 0 Å². The van der Waals surface area contributed by atoms with E-state index in [-0.39, 0.29) is 17.6 Å². The number of hydrogen-bond donors (Lipinski definition) is 2. The summed E-state index contributed by atoms with van der Waals surface area (Å²) in [5.74, 6) is -1.27. The maximum atomic E-state index is 11.9. The molecule has 6 nitrogen and oxygen atoms in total. The van der Waals surface area contributed by atoms with E-state index in [1.54, 1.807) is 6.92 Å². The third-order valence-electron chi connectivity index (χ3n) is 2.91. The first-order valence-corrected chi connectivity index (χ1v) is 6.79. The Morgan fingerprint density at radius 3 is 2.64 bits per heavy atom. The van der Waals surface area contributed by atoms with E-state index < -0.39 is 11.9 Å². The highest BCUT2D eigenvalue weighted by Gasteiger charge is 2.16. The molecule has 0 aliphatic rings. The minimum absolute atomic E-state index is 0.0418. The van der Waals surface area contributed by atoms with Gasteiger partial charge in [-0.1, -0.05) is 12.1 Å². The Morgan fingerprint density at radius 2 is 2.00 bits per heavy atom. The average molecular weight is 303 g/mol. The van der Waals surface area contributed by atoms with Crippen LogP contribution in [0.5, 0.6) is 5.75 Å². The molecule has 1 atom stereocenters. The van der Waals surface area contributed by atoms with Gasteiger partial charge in [-0.3, -0.25) is 4.79 Å². The number of furan rings is 1. The molecule has 0 aliphatic heterocycles. The van der Waals surface area contributed by atoms with Crippen molar-refractivity contribution in [1.82, 2.24) is 5.32 Å². The normalized spacial score (nSPS) is 11.7. The van der Waals surface area contributed by atoms with Gasteiger partial charge < -0.3 is 19.6 Å². The summed E-state index contributed by atoms with van der Waals surface area (Å²) in [4.78, 5) is 22.6. The van der Waals surface area contributed by atoms with E-state index in [1.165, 1.54) is 12.1 Å². The summed E-state index contributed by atoms with van der Waals surface area (Å²) in [6, 6.07) is 9.91. The number of benzene rings is 1. The summed E-state index contributed by atoms with van der Waals surface area (Å²) in [6.07, 6.45) is 0. The summed E-state index contributed by atoms with van der Waals surface area (Å²) in [6.45, 7) is 4.05. The van der Waals surface area contributed by atoms with Gasteiger partial charge in [0.25, 0.3) is 5.91 Å². The molecule has 2 N–H and O–H groups in total. The van der Waals surface area contributed by atoms with Crippen molar-refractivity contribution in [3.63, 3.8) is 0 Å². The summed E-state index contributed by atoms with van der Waals surface area (Å²) < 4.78 is 10.5. The van der Waals surface area contributed by atoms with E-state index in [1.807, 2.05) is 31.2 Å². The van der Waals surface area contributed by atoms with Crippen LogP contribution in [0.4, 0.5) is 0 Å². The molecular formula is C16H17NO5. The molecule has 22 heavy (non-hydrogen) atoms. The lowest BCUT2D eigenvalue weighted by atomic mass is 10.2. The molecule has 0 spiro atoms. The molecule has 0 bridgehead atoms. The van der Waals surface area contributed by atoms with Gasteiger partial charge in [0.15, 0.2) is 5.76 Å². The lowest BCUT2D eigenvalue weighted by Crippen LogP contribution is -2.36. The van der Waals surface area contributed by atoms with Gasteiger partial charge >= 0.3 is 5.97 Å². The fourth-order valence-corrected chi connectivity index (χ4v) is 1.84. The lowest BCUT2D eigenvalue weighted by Gasteiger charge is -2.14. The van der Waals surface area contributed by atoms with Crippen LogP contribution in [-0.4, -0.2) is 29.6 Å². The van der Waals surface area contributed by atoms with Crippen LogP contribution >= 0.6 is 0 Å². The SMILES string of the molecule is Cc1cccc(OCC(C)NC(=O)c2ccc(C(=O)O)o2)c1. The van der Waals surface area contributed by atoms with Crippen molar-refractivity contribution in [1.29, 1.82) is 0 Å². The first kappa shape index (κ1) is 15.6. The smallest absolute Gasteiger partial charge is 0.371 e. The molecule has 0 saturated carbocycles. The molecule has 6 heteroatoms. The average Bonchev–Trinajstić information content (AvgIpc) is 2.95. The second kappa shape index (κ2) is 6.80. The second-order valence-electron chi connectivity index (χ2n) is 4.97. The Hall–Kier alpha value is -2.76. The van der Waals surface area contributed by atoms with Crippen molar-refractivity contribution in [3.8, 4) is 5.75 Å². The number of carbonyl (C=O) groups excluding carboxylic acids is 1. The summed E-state index contributed by atoms with van der Waals surface area (Å²) >= 11 is 0. The Bertz CT molecular complexity index is 677. The zero-order valence-corrected chi connectivity index (χ0v) is 12.3. The molecular weight excluding hydrogens is 286 g/mol. The maximum Gasteiger partial charge on any atom is 0.371 e. The van der Waals surface area contributed by atoms with Gasteiger partial charge in [0.1, 0.15) is 12.4 Å². The molecule has 0 fully saturated rings. The van der Waals surface area contributed by atoms with Crippen LogP contribution in [0.15, 0.2) is 40.8 Å². The largest absolute Gasteiger partial charge is 0.491 e. The molecule has 1 amide bonds. The third kappa shape index (κ3) is 4.12. The first-order chi connectivity index (χ1) is 10.5. The number of hydrogen-bond acceptors (Lipinski definition) is 4. The van der Waals surface area contributed by atoms with Crippen LogP contribution in [0.1, 0.15) is 33.6 Å². The minimum atomic E-state index is -1.21. The number of carbonyl (C=O) groups is 2. The topological polar surface area (TPSA) is 88.8 Å². The van der Waals surface area contributed by atoms with E-state index in [0.717, 1.165) is 11.3 Å². The van der Waals surface area contributed by atoms with Crippen molar-refractivity contribution in [2.45, 2.75) is 19.9 Å². The Balaban J connectivity index is 1.86. The number of carboxylic acids is 1. The van der Waals surface area contributed by atoms with E-state index in [0.29, 0.717) is 6.61 Å². The van der Waals surface area contributed by atoms with E-state index in [4.69, 9.17) is 14.3 Å². The monoisotopic (exact) mass is 303 g/mol. The van der Waals surface area contributed by atoms with E-state index in [2.05, 4.69) is 5.32 Å². The van der Waals surface area contributed by atoms with Gasteiger partial charge in [-0.2, -0.15) is 0 Å². The second-order valence-corrected chi connectivity index (χ2v) is 4.97. The molecule has 0 aliphatic carbocycles. The quantitative estimate of drug-likeness (QED) is 0.856. The van der Waals surface area contributed by atoms with Crippen molar-refractivity contribution in [2.24, 2.45) is 0 Å². The van der Waals surface area contributed by atoms with Crippen LogP contribution in [0.25, 0.3) is 0 Å². The Morgan fingerprint density at radius 1 is 1.27 bits per heavy atom. The predicted octanol–water partition coefficient (Wildman–Crippen LogP) is 2.48. The fourth-order valence-electron chi connectivity index (χ4n) is 1.84. The van der Waals surface area contributed by atoms with Gasteiger partial charge in [-0.25, -0.2) is 4.79 Å². The molecule has 116 valence electrons. The third-order valence-corrected chi connectivity index (χ3v) is 2.91. The minimum Gasteiger partial charge on any atom is -0.491 e. The van der Waals surface area contributed by atoms with Crippen LogP contribution < -0.4 is 10.1 Å². The number of rotatable bonds is 6. The van der Waals surface area contributed by atoms with Crippen LogP contribution in [0.2, 0.25) is 0 Å². The van der Waals surface area contributed by atoms with Crippen LogP contribution in [-0.2, 0) is 0 Å². The number of ether oxygens (including phenoxy) is 1. The van der Waals surface area contributed by atoms with Crippen molar-refractivity contribution in [2.75, 3.05) is 6.61 Å². The van der Waals surface area contributed by atoms with E-state index in [9.17, 15) is 9.59 Å². The highest BCUT2D eigenvalue weighted by atomic mass is 16.5. The summed E-state index contributed by atoms with van der Waals surface area (Å²) in [5, 5.41) is 11.4. The molecule has 2 aromatic rings. The summed E-state index contributed by atoms with van der Waals surface area (Å²) in [5.41, 5.74) is 1.09. The number of carboxylic acid groups (broad SMARTS) is 1.